The van der Waals surface area contributed by atoms with E-state index >= 15 is 0 Å². The Morgan fingerprint density at radius 3 is 2.19 bits per heavy atom. The van der Waals surface area contributed by atoms with Crippen LogP contribution in [0.2, 0.25) is 0 Å². The predicted molar refractivity (Wildman–Crippen MR) is 82.1 cm³/mol. The van der Waals surface area contributed by atoms with E-state index < -0.39 is 5.97 Å². The Hall–Kier alpha value is -2.14. The number of benzene rings is 2. The van der Waals surface area contributed by atoms with Crippen LogP contribution in [-0.4, -0.2) is 18.9 Å². The smallest absolute Gasteiger partial charge is 0.344 e. The molecule has 2 aromatic rings. The van der Waals surface area contributed by atoms with Gasteiger partial charge in [-0.3, -0.25) is 4.79 Å². The van der Waals surface area contributed by atoms with Crippen LogP contribution in [-0.2, 0) is 0 Å². The molecule has 0 N–H and O–H groups in total. The molecule has 0 unspecified atom stereocenters. The molecule has 4 nitrogen and oxygen atoms in total. The van der Waals surface area contributed by atoms with Crippen molar-refractivity contribution in [3.8, 4) is 11.5 Å². The Kier molecular flexibility index (Phi) is 4.75. The highest BCUT2D eigenvalue weighted by atomic mass is 79.9. The van der Waals surface area contributed by atoms with Crippen LogP contribution in [0.5, 0.6) is 11.5 Å². The fourth-order valence-electron chi connectivity index (χ4n) is 1.71. The number of hydrogen-bond acceptors (Lipinski definition) is 4. The van der Waals surface area contributed by atoms with E-state index in [4.69, 9.17) is 9.47 Å². The van der Waals surface area contributed by atoms with Gasteiger partial charge in [-0.1, -0.05) is 0 Å². The van der Waals surface area contributed by atoms with Crippen LogP contribution >= 0.6 is 15.9 Å². The van der Waals surface area contributed by atoms with Crippen molar-refractivity contribution in [3.05, 3.63) is 58.1 Å². The first-order valence-corrected chi connectivity index (χ1v) is 6.97. The number of halogens is 1. The largest absolute Gasteiger partial charge is 0.497 e. The summed E-state index contributed by atoms with van der Waals surface area (Å²) in [6.07, 6.45) is 0. The highest BCUT2D eigenvalue weighted by molar-refractivity contribution is 9.10. The highest BCUT2D eigenvalue weighted by Crippen LogP contribution is 2.24. The molecule has 0 saturated heterocycles. The molecule has 5 heteroatoms. The van der Waals surface area contributed by atoms with Crippen molar-refractivity contribution < 1.29 is 19.1 Å². The van der Waals surface area contributed by atoms with E-state index in [0.717, 1.165) is 0 Å². The second-order valence-corrected chi connectivity index (χ2v) is 5.17. The van der Waals surface area contributed by atoms with Crippen LogP contribution in [0.15, 0.2) is 46.9 Å². The normalized spacial score (nSPS) is 10.0. The molecule has 21 heavy (non-hydrogen) atoms. The van der Waals surface area contributed by atoms with Gasteiger partial charge in [-0.15, -0.1) is 0 Å². The van der Waals surface area contributed by atoms with E-state index in [2.05, 4.69) is 15.9 Å². The molecule has 0 bridgehead atoms. The average Bonchev–Trinajstić information content (AvgIpc) is 2.48. The van der Waals surface area contributed by atoms with Crippen LogP contribution in [0.4, 0.5) is 0 Å². The molecular formula is C16H13BrO4. The number of ketones is 1. The summed E-state index contributed by atoms with van der Waals surface area (Å²) in [5, 5.41) is 0. The van der Waals surface area contributed by atoms with E-state index in [-0.39, 0.29) is 5.78 Å². The molecule has 0 aliphatic carbocycles. The molecular weight excluding hydrogens is 336 g/mol. The quantitative estimate of drug-likeness (QED) is 0.478. The third-order valence-corrected chi connectivity index (χ3v) is 3.56. The van der Waals surface area contributed by atoms with Crippen molar-refractivity contribution >= 4 is 27.7 Å². The molecule has 0 saturated carbocycles. The first kappa shape index (κ1) is 15.3. The Balaban J connectivity index is 2.19. The molecule has 0 aliphatic rings. The van der Waals surface area contributed by atoms with Crippen molar-refractivity contribution in [1.82, 2.24) is 0 Å². The van der Waals surface area contributed by atoms with Gasteiger partial charge in [-0.2, -0.15) is 0 Å². The Morgan fingerprint density at radius 1 is 1.00 bits per heavy atom. The fourth-order valence-corrected chi connectivity index (χ4v) is 2.12. The van der Waals surface area contributed by atoms with Crippen LogP contribution in [0.1, 0.15) is 27.6 Å². The lowest BCUT2D eigenvalue weighted by Crippen LogP contribution is -2.09. The Morgan fingerprint density at radius 2 is 1.62 bits per heavy atom. The number of carbonyl (C=O) groups is 2. The first-order valence-electron chi connectivity index (χ1n) is 6.18. The molecule has 2 rings (SSSR count). The van der Waals surface area contributed by atoms with Gasteiger partial charge in [-0.25, -0.2) is 4.79 Å². The lowest BCUT2D eigenvalue weighted by atomic mass is 10.1. The van der Waals surface area contributed by atoms with Gasteiger partial charge < -0.3 is 9.47 Å². The number of hydrogen-bond donors (Lipinski definition) is 0. The Bertz CT molecular complexity index is 677. The van der Waals surface area contributed by atoms with Gasteiger partial charge >= 0.3 is 5.97 Å². The summed E-state index contributed by atoms with van der Waals surface area (Å²) in [5.74, 6) is 0.400. The first-order chi connectivity index (χ1) is 10.0. The molecule has 0 fully saturated rings. The molecule has 0 atom stereocenters. The highest BCUT2D eigenvalue weighted by Gasteiger charge is 2.14. The van der Waals surface area contributed by atoms with Gasteiger partial charge in [-0.05, 0) is 65.3 Å². The second kappa shape index (κ2) is 6.54. The lowest BCUT2D eigenvalue weighted by molar-refractivity contribution is 0.0733. The van der Waals surface area contributed by atoms with E-state index in [9.17, 15) is 9.59 Å². The molecule has 0 aliphatic heterocycles. The summed E-state index contributed by atoms with van der Waals surface area (Å²) in [6.45, 7) is 1.48. The van der Waals surface area contributed by atoms with Crippen LogP contribution in [0.25, 0.3) is 0 Å². The summed E-state index contributed by atoms with van der Waals surface area (Å²) in [4.78, 5) is 23.3. The van der Waals surface area contributed by atoms with Crippen LogP contribution in [0, 0.1) is 0 Å². The van der Waals surface area contributed by atoms with Crippen molar-refractivity contribution in [2.45, 2.75) is 6.92 Å². The molecule has 108 valence electrons. The molecule has 0 heterocycles. The van der Waals surface area contributed by atoms with Gasteiger partial charge in [0.2, 0.25) is 0 Å². The molecule has 0 amide bonds. The fraction of sp³-hybridized carbons (Fsp3) is 0.125. The minimum atomic E-state index is -0.503. The maximum Gasteiger partial charge on any atom is 0.344 e. The van der Waals surface area contributed by atoms with E-state index in [1.807, 2.05) is 0 Å². The molecule has 2 aromatic carbocycles. The predicted octanol–water partition coefficient (Wildman–Crippen LogP) is 3.88. The summed E-state index contributed by atoms with van der Waals surface area (Å²) in [5.41, 5.74) is 0.933. The number of esters is 1. The molecule has 0 radical (unpaired) electrons. The maximum atomic E-state index is 12.1. The zero-order valence-electron chi connectivity index (χ0n) is 11.6. The minimum absolute atomic E-state index is 0.0385. The van der Waals surface area contributed by atoms with E-state index in [0.29, 0.717) is 27.1 Å². The number of Topliss-reactive ketones (excluding diaryl/α,β-unsaturated/α-hetero) is 1. The maximum absolute atomic E-state index is 12.1. The summed E-state index contributed by atoms with van der Waals surface area (Å²) in [6, 6.07) is 11.5. The second-order valence-electron chi connectivity index (χ2n) is 4.32. The van der Waals surface area contributed by atoms with Crippen molar-refractivity contribution in [2.75, 3.05) is 7.11 Å². The average molecular weight is 349 g/mol. The lowest BCUT2D eigenvalue weighted by Gasteiger charge is -2.08. The molecule has 0 aromatic heterocycles. The number of carbonyl (C=O) groups excluding carboxylic acids is 2. The zero-order valence-corrected chi connectivity index (χ0v) is 13.1. The van der Waals surface area contributed by atoms with Crippen LogP contribution in [0.3, 0.4) is 0 Å². The summed E-state index contributed by atoms with van der Waals surface area (Å²) in [7, 11) is 1.53. The topological polar surface area (TPSA) is 52.6 Å². The molecule has 0 spiro atoms. The van der Waals surface area contributed by atoms with Crippen molar-refractivity contribution in [2.24, 2.45) is 0 Å². The van der Waals surface area contributed by atoms with Crippen molar-refractivity contribution in [3.63, 3.8) is 0 Å². The monoisotopic (exact) mass is 348 g/mol. The van der Waals surface area contributed by atoms with Gasteiger partial charge in [0, 0.05) is 10.0 Å². The van der Waals surface area contributed by atoms with Gasteiger partial charge in [0.1, 0.15) is 11.5 Å². The van der Waals surface area contributed by atoms with Gasteiger partial charge in [0.15, 0.2) is 5.78 Å². The Labute approximate surface area is 130 Å². The number of rotatable bonds is 4. The minimum Gasteiger partial charge on any atom is -0.497 e. The van der Waals surface area contributed by atoms with Gasteiger partial charge in [0.05, 0.1) is 12.7 Å². The third kappa shape index (κ3) is 3.70. The summed E-state index contributed by atoms with van der Waals surface area (Å²) >= 11 is 3.30. The van der Waals surface area contributed by atoms with E-state index in [1.165, 1.54) is 14.0 Å². The summed E-state index contributed by atoms with van der Waals surface area (Å²) < 4.78 is 11.0. The van der Waals surface area contributed by atoms with Gasteiger partial charge in [0.25, 0.3) is 0 Å². The van der Waals surface area contributed by atoms with E-state index in [1.54, 1.807) is 42.5 Å². The third-order valence-electron chi connectivity index (χ3n) is 2.86. The standard InChI is InChI=1S/C16H13BrO4/c1-10(18)11-3-5-12(6-4-11)21-16(19)14-9-13(20-2)7-8-15(14)17/h3-9H,1-2H3. The zero-order chi connectivity index (χ0) is 15.4. The number of ether oxygens (including phenoxy) is 2. The number of methoxy groups -OCH3 is 1. The van der Waals surface area contributed by atoms with Crippen molar-refractivity contribution in [1.29, 1.82) is 0 Å². The van der Waals surface area contributed by atoms with Crippen LogP contribution < -0.4 is 9.47 Å². The SMILES string of the molecule is COc1ccc(Br)c(C(=O)Oc2ccc(C(C)=O)cc2)c1.